The molecule has 0 aromatic heterocycles. The minimum absolute atomic E-state index is 0.126. The van der Waals surface area contributed by atoms with Crippen LogP contribution in [0, 0.1) is 13.8 Å². The molecule has 184 valence electrons. The molecule has 0 radical (unpaired) electrons. The molecule has 3 aromatic carbocycles. The largest absolute Gasteiger partial charge is 0.322 e. The van der Waals surface area contributed by atoms with Gasteiger partial charge in [0.05, 0.1) is 15.5 Å². The van der Waals surface area contributed by atoms with Crippen LogP contribution in [0.3, 0.4) is 0 Å². The molecule has 2 N–H and O–H groups in total. The summed E-state index contributed by atoms with van der Waals surface area (Å²) in [5.74, 6) is -0.436. The number of nitrogens with one attached hydrogen (secondary N) is 2. The van der Waals surface area contributed by atoms with E-state index in [1.54, 1.807) is 49.4 Å². The second-order valence-corrected chi connectivity index (χ2v) is 12.1. The van der Waals surface area contributed by atoms with E-state index < -0.39 is 26.0 Å². The van der Waals surface area contributed by atoms with Gasteiger partial charge in [-0.05, 0) is 80.8 Å². The van der Waals surface area contributed by atoms with Crippen molar-refractivity contribution in [2.45, 2.75) is 36.5 Å². The van der Waals surface area contributed by atoms with Crippen molar-refractivity contribution in [2.75, 3.05) is 23.1 Å². The number of amides is 1. The highest BCUT2D eigenvalue weighted by Gasteiger charge is 2.27. The lowest BCUT2D eigenvalue weighted by molar-refractivity contribution is 0.102. The van der Waals surface area contributed by atoms with Crippen molar-refractivity contribution in [2.24, 2.45) is 0 Å². The molecule has 1 aliphatic heterocycles. The normalized spacial score (nSPS) is 14.6. The van der Waals surface area contributed by atoms with Gasteiger partial charge < -0.3 is 5.32 Å². The number of hydrogen-bond donors (Lipinski definition) is 2. The third-order valence-electron chi connectivity index (χ3n) is 5.97. The SMILES string of the molecule is Cc1ccc(S(=O)(=O)Nc2cccc(C(=O)Nc3ccc(S(=O)(=O)N4CCCC4)cc3)c2C)cc1. The minimum Gasteiger partial charge on any atom is -0.322 e. The molecule has 35 heavy (non-hydrogen) atoms. The fourth-order valence-corrected chi connectivity index (χ4v) is 6.54. The molecule has 0 unspecified atom stereocenters. The Labute approximate surface area is 206 Å². The van der Waals surface area contributed by atoms with E-state index in [9.17, 15) is 21.6 Å². The number of benzene rings is 3. The summed E-state index contributed by atoms with van der Waals surface area (Å²) in [6.07, 6.45) is 1.71. The van der Waals surface area contributed by atoms with Crippen molar-refractivity contribution in [3.05, 3.63) is 83.4 Å². The fourth-order valence-electron chi connectivity index (χ4n) is 3.90. The maximum atomic E-state index is 12.9. The molecule has 1 heterocycles. The van der Waals surface area contributed by atoms with Crippen LogP contribution >= 0.6 is 0 Å². The number of nitrogens with zero attached hydrogens (tertiary/aromatic N) is 1. The van der Waals surface area contributed by atoms with E-state index in [4.69, 9.17) is 0 Å². The molecular weight excluding hydrogens is 486 g/mol. The summed E-state index contributed by atoms with van der Waals surface area (Å²) in [6, 6.07) is 17.3. The monoisotopic (exact) mass is 513 g/mol. The maximum absolute atomic E-state index is 12.9. The van der Waals surface area contributed by atoms with Crippen molar-refractivity contribution >= 4 is 37.3 Å². The second-order valence-electron chi connectivity index (χ2n) is 8.49. The summed E-state index contributed by atoms with van der Waals surface area (Å²) in [5.41, 5.74) is 2.43. The van der Waals surface area contributed by atoms with Gasteiger partial charge in [0, 0.05) is 24.3 Å². The van der Waals surface area contributed by atoms with Gasteiger partial charge in [0.1, 0.15) is 0 Å². The quantitative estimate of drug-likeness (QED) is 0.493. The smallest absolute Gasteiger partial charge is 0.261 e. The van der Waals surface area contributed by atoms with Crippen molar-refractivity contribution in [1.82, 2.24) is 4.31 Å². The molecule has 0 spiro atoms. The Morgan fingerprint density at radius 3 is 2.03 bits per heavy atom. The number of sulfonamides is 2. The van der Waals surface area contributed by atoms with Crippen LogP contribution in [0.15, 0.2) is 76.5 Å². The van der Waals surface area contributed by atoms with E-state index >= 15 is 0 Å². The van der Waals surface area contributed by atoms with Crippen molar-refractivity contribution in [3.63, 3.8) is 0 Å². The first kappa shape index (κ1) is 24.9. The predicted molar refractivity (Wildman–Crippen MR) is 136 cm³/mol. The molecule has 3 aromatic rings. The predicted octanol–water partition coefficient (Wildman–Crippen LogP) is 4.14. The zero-order valence-electron chi connectivity index (χ0n) is 19.5. The third-order valence-corrected chi connectivity index (χ3v) is 9.26. The molecule has 0 aliphatic carbocycles. The van der Waals surface area contributed by atoms with E-state index in [1.807, 2.05) is 6.92 Å². The van der Waals surface area contributed by atoms with Crippen LogP contribution in [0.4, 0.5) is 11.4 Å². The summed E-state index contributed by atoms with van der Waals surface area (Å²) in [4.78, 5) is 13.2. The van der Waals surface area contributed by atoms with Gasteiger partial charge >= 0.3 is 0 Å². The average Bonchev–Trinajstić information content (AvgIpc) is 3.37. The van der Waals surface area contributed by atoms with Gasteiger partial charge in [-0.2, -0.15) is 4.31 Å². The first-order chi connectivity index (χ1) is 16.6. The highest BCUT2D eigenvalue weighted by Crippen LogP contribution is 2.25. The lowest BCUT2D eigenvalue weighted by Gasteiger charge is -2.16. The van der Waals surface area contributed by atoms with E-state index in [-0.39, 0.29) is 9.79 Å². The second kappa shape index (κ2) is 9.80. The van der Waals surface area contributed by atoms with Crippen LogP contribution in [0.5, 0.6) is 0 Å². The first-order valence-electron chi connectivity index (χ1n) is 11.2. The van der Waals surface area contributed by atoms with Gasteiger partial charge in [0.15, 0.2) is 0 Å². The number of carbonyl (C=O) groups is 1. The van der Waals surface area contributed by atoms with Crippen LogP contribution in [0.2, 0.25) is 0 Å². The van der Waals surface area contributed by atoms with Crippen LogP contribution in [-0.4, -0.2) is 40.1 Å². The van der Waals surface area contributed by atoms with Gasteiger partial charge in [-0.1, -0.05) is 23.8 Å². The standard InChI is InChI=1S/C25H27N3O5S2/c1-18-8-12-21(13-9-18)34(30,31)27-24-7-5-6-23(19(24)2)25(29)26-20-10-14-22(15-11-20)35(32,33)28-16-3-4-17-28/h5-15,27H,3-4,16-17H2,1-2H3,(H,26,29). The molecule has 10 heteroatoms. The molecule has 1 amide bonds. The van der Waals surface area contributed by atoms with Gasteiger partial charge in [-0.25, -0.2) is 16.8 Å². The number of hydrogen-bond acceptors (Lipinski definition) is 5. The average molecular weight is 514 g/mol. The molecule has 1 aliphatic rings. The molecule has 0 atom stereocenters. The molecule has 1 fully saturated rings. The Morgan fingerprint density at radius 2 is 1.40 bits per heavy atom. The van der Waals surface area contributed by atoms with Crippen LogP contribution < -0.4 is 10.0 Å². The first-order valence-corrected chi connectivity index (χ1v) is 14.1. The minimum atomic E-state index is -3.82. The summed E-state index contributed by atoms with van der Waals surface area (Å²) < 4.78 is 55.0. The van der Waals surface area contributed by atoms with E-state index in [1.165, 1.54) is 28.6 Å². The van der Waals surface area contributed by atoms with Crippen molar-refractivity contribution < 1.29 is 21.6 Å². The zero-order chi connectivity index (χ0) is 25.2. The number of rotatable bonds is 7. The summed E-state index contributed by atoms with van der Waals surface area (Å²) in [5, 5.41) is 2.75. The van der Waals surface area contributed by atoms with Crippen LogP contribution in [-0.2, 0) is 20.0 Å². The molecule has 0 bridgehead atoms. The molecule has 0 saturated carbocycles. The zero-order valence-corrected chi connectivity index (χ0v) is 21.1. The maximum Gasteiger partial charge on any atom is 0.261 e. The van der Waals surface area contributed by atoms with E-state index in [2.05, 4.69) is 10.0 Å². The van der Waals surface area contributed by atoms with Gasteiger partial charge in [0.25, 0.3) is 15.9 Å². The molecule has 4 rings (SSSR count). The molecule has 8 nitrogen and oxygen atoms in total. The molecule has 1 saturated heterocycles. The number of aryl methyl sites for hydroxylation is 1. The molecular formula is C25H27N3O5S2. The summed E-state index contributed by atoms with van der Waals surface area (Å²) >= 11 is 0. The Balaban J connectivity index is 1.50. The Morgan fingerprint density at radius 1 is 0.800 bits per heavy atom. The van der Waals surface area contributed by atoms with E-state index in [0.717, 1.165) is 18.4 Å². The summed E-state index contributed by atoms with van der Waals surface area (Å²) in [7, 11) is -7.36. The highest BCUT2D eigenvalue weighted by molar-refractivity contribution is 7.92. The fraction of sp³-hybridized carbons (Fsp3) is 0.240. The topological polar surface area (TPSA) is 113 Å². The van der Waals surface area contributed by atoms with Gasteiger partial charge in [-0.3, -0.25) is 9.52 Å². The third kappa shape index (κ3) is 5.39. The van der Waals surface area contributed by atoms with Crippen molar-refractivity contribution in [3.8, 4) is 0 Å². The Hall–Kier alpha value is -3.21. The Kier molecular flexibility index (Phi) is 6.98. The van der Waals surface area contributed by atoms with Crippen LogP contribution in [0.1, 0.15) is 34.3 Å². The highest BCUT2D eigenvalue weighted by atomic mass is 32.2. The van der Waals surface area contributed by atoms with E-state index in [0.29, 0.717) is 35.6 Å². The number of anilines is 2. The number of carbonyl (C=O) groups excluding carboxylic acids is 1. The summed E-state index contributed by atoms with van der Waals surface area (Å²) in [6.45, 7) is 4.57. The van der Waals surface area contributed by atoms with Gasteiger partial charge in [0.2, 0.25) is 10.0 Å². The van der Waals surface area contributed by atoms with Crippen molar-refractivity contribution in [1.29, 1.82) is 0 Å². The lowest BCUT2D eigenvalue weighted by Crippen LogP contribution is -2.27. The lowest BCUT2D eigenvalue weighted by atomic mass is 10.1. The van der Waals surface area contributed by atoms with Crippen LogP contribution in [0.25, 0.3) is 0 Å². The Bertz CT molecular complexity index is 1440. The van der Waals surface area contributed by atoms with Gasteiger partial charge in [-0.15, -0.1) is 0 Å².